The van der Waals surface area contributed by atoms with Gasteiger partial charge in [-0.25, -0.2) is 8.78 Å². The van der Waals surface area contributed by atoms with E-state index in [1.54, 1.807) is 18.2 Å². The van der Waals surface area contributed by atoms with E-state index in [0.717, 1.165) is 71.0 Å². The topological polar surface area (TPSA) is 161 Å². The summed E-state index contributed by atoms with van der Waals surface area (Å²) in [5.41, 5.74) is 11.2. The number of nitrogens with one attached hydrogen (secondary N) is 2. The molecule has 1 atom stereocenters. The second kappa shape index (κ2) is 19.6. The van der Waals surface area contributed by atoms with Crippen LogP contribution in [0.2, 0.25) is 0 Å². The minimum atomic E-state index is -2.65. The summed E-state index contributed by atoms with van der Waals surface area (Å²) in [5.74, 6) is -4.27. The van der Waals surface area contributed by atoms with Crippen molar-refractivity contribution in [2.24, 2.45) is 5.73 Å². The smallest absolute Gasteiger partial charge is 0.262 e. The zero-order valence-corrected chi connectivity index (χ0v) is 35.6. The summed E-state index contributed by atoms with van der Waals surface area (Å²) in [4.78, 5) is 77.9. The highest BCUT2D eigenvalue weighted by Crippen LogP contribution is 2.42. The van der Waals surface area contributed by atoms with Crippen LogP contribution in [0, 0.1) is 0 Å². The molecule has 1 unspecified atom stereocenters. The van der Waals surface area contributed by atoms with Gasteiger partial charge in [-0.05, 0) is 73.9 Å². The van der Waals surface area contributed by atoms with Crippen molar-refractivity contribution in [3.63, 3.8) is 0 Å². The molecule has 1 aromatic heterocycles. The zero-order chi connectivity index (χ0) is 44.0. The molecule has 62 heavy (non-hydrogen) atoms. The lowest BCUT2D eigenvalue weighted by atomic mass is 9.92. The Labute approximate surface area is 365 Å². The number of Topliss-reactive ketones (excluding diaryl/α,β-unsaturated/α-hetero) is 2. The maximum absolute atomic E-state index is 14.1. The number of amides is 4. The van der Waals surface area contributed by atoms with Crippen molar-refractivity contribution in [3.05, 3.63) is 89.1 Å². The first kappa shape index (κ1) is 44.4. The molecule has 0 spiro atoms. The predicted octanol–water partition coefficient (Wildman–Crippen LogP) is 8.79. The van der Waals surface area contributed by atoms with E-state index in [-0.39, 0.29) is 91.9 Å². The van der Waals surface area contributed by atoms with E-state index in [4.69, 9.17) is 18.0 Å². The third kappa shape index (κ3) is 10.5. The van der Waals surface area contributed by atoms with Gasteiger partial charge in [-0.3, -0.25) is 33.7 Å². The number of hydrogen-bond acceptors (Lipinski definition) is 7. The van der Waals surface area contributed by atoms with E-state index in [2.05, 4.69) is 15.2 Å². The van der Waals surface area contributed by atoms with Gasteiger partial charge in [0, 0.05) is 85.6 Å². The maximum Gasteiger partial charge on any atom is 0.262 e. The third-order valence-corrected chi connectivity index (χ3v) is 12.7. The van der Waals surface area contributed by atoms with Gasteiger partial charge in [-0.2, -0.15) is 0 Å². The lowest BCUT2D eigenvalue weighted by Gasteiger charge is -2.29. The molecule has 0 bridgehead atoms. The number of hydrogen-bond donors (Lipinski definition) is 3. The zero-order valence-electron chi connectivity index (χ0n) is 34.8. The number of aryl methyl sites for hydroxylation is 1. The number of fused-ring (bicyclic) bond motifs is 2. The first-order chi connectivity index (χ1) is 29.8. The Morgan fingerprint density at radius 3 is 2.31 bits per heavy atom. The first-order valence-electron chi connectivity index (χ1n) is 21.8. The van der Waals surface area contributed by atoms with E-state index in [1.165, 1.54) is 0 Å². The Morgan fingerprint density at radius 1 is 0.790 bits per heavy atom. The molecule has 14 heteroatoms. The number of imide groups is 1. The highest BCUT2D eigenvalue weighted by atomic mass is 32.1. The summed E-state index contributed by atoms with van der Waals surface area (Å²) in [6.45, 7) is 0.518. The molecule has 0 radical (unpaired) electrons. The largest absolute Gasteiger partial charge is 0.389 e. The van der Waals surface area contributed by atoms with E-state index in [9.17, 15) is 37.5 Å². The van der Waals surface area contributed by atoms with Crippen LogP contribution in [0.25, 0.3) is 22.0 Å². The average molecular weight is 866 g/mol. The number of nitrogens with zero attached hydrogens (tertiary/aromatic N) is 2. The van der Waals surface area contributed by atoms with Crippen molar-refractivity contribution < 1.29 is 37.5 Å². The quantitative estimate of drug-likeness (QED) is 0.0312. The number of thiocarbonyl (C=S) groups is 1. The number of carbonyl (C=O) groups excluding carboxylic acids is 6. The third-order valence-electron chi connectivity index (χ3n) is 12.4. The monoisotopic (exact) mass is 865 g/mol. The van der Waals surface area contributed by atoms with Crippen LogP contribution in [0.4, 0.5) is 14.5 Å². The molecule has 0 saturated heterocycles. The molecule has 2 saturated carbocycles. The maximum atomic E-state index is 14.1. The van der Waals surface area contributed by atoms with Crippen molar-refractivity contribution in [2.45, 2.75) is 127 Å². The lowest BCUT2D eigenvalue weighted by molar-refractivity contribution is -0.126. The summed E-state index contributed by atoms with van der Waals surface area (Å²) < 4.78 is 30.3. The van der Waals surface area contributed by atoms with Crippen LogP contribution < -0.4 is 16.4 Å². The molecule has 4 aromatic rings. The number of carbonyl (C=O) groups is 6. The molecule has 326 valence electrons. The van der Waals surface area contributed by atoms with E-state index in [0.29, 0.717) is 42.0 Å². The van der Waals surface area contributed by atoms with Crippen LogP contribution in [-0.4, -0.2) is 68.2 Å². The van der Waals surface area contributed by atoms with Gasteiger partial charge in [0.1, 0.15) is 16.6 Å². The molecule has 4 N–H and O–H groups in total. The number of rotatable bonds is 17. The van der Waals surface area contributed by atoms with Crippen LogP contribution in [0.3, 0.4) is 0 Å². The van der Waals surface area contributed by atoms with Crippen molar-refractivity contribution in [1.82, 2.24) is 14.8 Å². The molecule has 7 rings (SSSR count). The predicted molar refractivity (Wildman–Crippen MR) is 237 cm³/mol. The minimum absolute atomic E-state index is 0.0232. The molecule has 3 aliphatic rings. The van der Waals surface area contributed by atoms with Gasteiger partial charge in [-0.15, -0.1) is 0 Å². The SMILES string of the molecule is NC(=S)c1cccc(-c2cn(C3CCC(F)(F)CC3)c3cc(NC(=O)CCCCCCCCNC(=O)CCc4cccc5c4C(=O)N(C4CCC(=O)CC(=O)C4)C5=O)ccc23)c1. The lowest BCUT2D eigenvalue weighted by Crippen LogP contribution is -2.40. The first-order valence-corrected chi connectivity index (χ1v) is 22.2. The molecule has 11 nitrogen and oxygen atoms in total. The second-order valence-electron chi connectivity index (χ2n) is 17.0. The molecule has 4 amide bonds. The van der Waals surface area contributed by atoms with Crippen molar-refractivity contribution in [1.29, 1.82) is 0 Å². The fourth-order valence-electron chi connectivity index (χ4n) is 9.12. The number of benzene rings is 3. The Bertz CT molecular complexity index is 2400. The number of unbranched alkanes of at least 4 members (excludes halogenated alkanes) is 5. The summed E-state index contributed by atoms with van der Waals surface area (Å²) >= 11 is 5.21. The van der Waals surface area contributed by atoms with Crippen LogP contribution in [-0.2, 0) is 25.6 Å². The fraction of sp³-hybridized carbons (Fsp3) is 0.438. The standard InChI is InChI=1S/C48H53F2N5O6S/c49-48(50)22-20-34(21-23-48)54-29-40(31-10-7-11-32(25-31)45(51)62)38-18-15-33(26-41(38)54)53-43(59)13-5-3-1-2-4-6-24-52-42(58)19-14-30-9-8-12-39-44(30)47(61)55(46(39)60)35-16-17-36(56)28-37(57)27-35/h7-12,15,18,25-26,29,34-35H,1-6,13-14,16-17,19-24,27-28H2,(H2,51,62)(H,52,58)(H,53,59). The van der Waals surface area contributed by atoms with Crippen molar-refractivity contribution in [3.8, 4) is 11.1 Å². The summed E-state index contributed by atoms with van der Waals surface area (Å²) in [5, 5.41) is 6.93. The van der Waals surface area contributed by atoms with E-state index in [1.807, 2.05) is 48.7 Å². The molecular weight excluding hydrogens is 813 g/mol. The number of aromatic nitrogens is 1. The average Bonchev–Trinajstić information content (AvgIpc) is 3.68. The molecule has 2 fully saturated rings. The van der Waals surface area contributed by atoms with Gasteiger partial charge in [0.25, 0.3) is 11.8 Å². The molecule has 2 heterocycles. The van der Waals surface area contributed by atoms with Gasteiger partial charge in [0.2, 0.25) is 17.7 Å². The van der Waals surface area contributed by atoms with Crippen molar-refractivity contribution in [2.75, 3.05) is 11.9 Å². The van der Waals surface area contributed by atoms with Crippen LogP contribution in [0.1, 0.15) is 141 Å². The second-order valence-corrected chi connectivity index (χ2v) is 17.4. The van der Waals surface area contributed by atoms with Crippen molar-refractivity contribution >= 4 is 69.0 Å². The summed E-state index contributed by atoms with van der Waals surface area (Å²) in [7, 11) is 0. The Morgan fingerprint density at radius 2 is 1.53 bits per heavy atom. The van der Waals surface area contributed by atoms with Gasteiger partial charge < -0.3 is 20.9 Å². The number of ketones is 2. The van der Waals surface area contributed by atoms with Crippen LogP contribution in [0.5, 0.6) is 0 Å². The van der Waals surface area contributed by atoms with Crippen LogP contribution in [0.15, 0.2) is 66.9 Å². The number of halogens is 2. The van der Waals surface area contributed by atoms with Gasteiger partial charge in [-0.1, -0.05) is 74.3 Å². The Kier molecular flexibility index (Phi) is 14.0. The highest BCUT2D eigenvalue weighted by Gasteiger charge is 2.43. The minimum Gasteiger partial charge on any atom is -0.389 e. The molecule has 3 aromatic carbocycles. The summed E-state index contributed by atoms with van der Waals surface area (Å²) in [6.07, 6.45) is 8.70. The Balaban J connectivity index is 0.823. The van der Waals surface area contributed by atoms with E-state index < -0.39 is 23.8 Å². The van der Waals surface area contributed by atoms with Gasteiger partial charge in [0.15, 0.2) is 0 Å². The normalized spacial score (nSPS) is 17.9. The molecule has 2 aliphatic carbocycles. The summed E-state index contributed by atoms with van der Waals surface area (Å²) in [6, 6.07) is 17.7. The van der Waals surface area contributed by atoms with Gasteiger partial charge >= 0.3 is 0 Å². The highest BCUT2D eigenvalue weighted by molar-refractivity contribution is 7.80. The number of alkyl halides is 2. The molecular formula is C48H53F2N5O6S. The van der Waals surface area contributed by atoms with Gasteiger partial charge in [0.05, 0.1) is 23.1 Å². The number of anilines is 1. The fourth-order valence-corrected chi connectivity index (χ4v) is 9.24. The van der Waals surface area contributed by atoms with Crippen LogP contribution >= 0.6 is 12.2 Å². The number of nitrogens with two attached hydrogens (primary N) is 1. The molecule has 1 aliphatic heterocycles. The Hall–Kier alpha value is -5.63. The van der Waals surface area contributed by atoms with E-state index >= 15 is 0 Å².